The number of nitro benzene ring substituents is 1. The van der Waals surface area contributed by atoms with Crippen molar-refractivity contribution in [2.24, 2.45) is 0 Å². The number of likely N-dealkylation sites (tertiary alicyclic amines) is 1. The van der Waals surface area contributed by atoms with Crippen LogP contribution in [0, 0.1) is 10.1 Å². The zero-order valence-electron chi connectivity index (χ0n) is 18.4. The third kappa shape index (κ3) is 5.09. The van der Waals surface area contributed by atoms with Gasteiger partial charge in [-0.2, -0.15) is 0 Å². The quantitative estimate of drug-likeness (QED) is 0.148. The maximum Gasteiger partial charge on any atom is 0.295 e. The Morgan fingerprint density at radius 3 is 2.52 bits per heavy atom. The lowest BCUT2D eigenvalue weighted by atomic mass is 9.95. The SMILES string of the molecule is C=CCOc1ccc(C([O-])=C2C(=O)C(=O)N(CC[NH+](C)C)C2c2cccc([N+](=O)[O-])c2)cc1. The van der Waals surface area contributed by atoms with E-state index in [0.29, 0.717) is 24.5 Å². The van der Waals surface area contributed by atoms with E-state index in [1.807, 2.05) is 14.1 Å². The summed E-state index contributed by atoms with van der Waals surface area (Å²) in [5, 5.41) is 24.7. The Balaban J connectivity index is 2.10. The number of rotatable bonds is 9. The summed E-state index contributed by atoms with van der Waals surface area (Å²) in [6.07, 6.45) is 1.59. The van der Waals surface area contributed by atoms with E-state index in [-0.39, 0.29) is 23.4 Å². The Bertz CT molecular complexity index is 1110. The van der Waals surface area contributed by atoms with E-state index in [1.54, 1.807) is 24.3 Å². The molecule has 2 aromatic rings. The average Bonchev–Trinajstić information content (AvgIpc) is 3.06. The van der Waals surface area contributed by atoms with Gasteiger partial charge in [0.15, 0.2) is 0 Å². The Labute approximate surface area is 191 Å². The van der Waals surface area contributed by atoms with Gasteiger partial charge in [0.05, 0.1) is 38.2 Å². The Hall–Kier alpha value is -3.98. The van der Waals surface area contributed by atoms with Gasteiger partial charge in [-0.05, 0) is 23.3 Å². The number of nitrogens with one attached hydrogen (secondary N) is 1. The van der Waals surface area contributed by atoms with E-state index in [4.69, 9.17) is 4.74 Å². The highest BCUT2D eigenvalue weighted by molar-refractivity contribution is 6.46. The smallest absolute Gasteiger partial charge is 0.295 e. The summed E-state index contributed by atoms with van der Waals surface area (Å²) in [5.41, 5.74) is 0.154. The summed E-state index contributed by atoms with van der Waals surface area (Å²) < 4.78 is 5.42. The molecule has 0 spiro atoms. The highest BCUT2D eigenvalue weighted by Crippen LogP contribution is 2.39. The number of ketones is 1. The number of hydrogen-bond acceptors (Lipinski definition) is 6. The molecular formula is C24H25N3O6. The Morgan fingerprint density at radius 1 is 1.21 bits per heavy atom. The molecule has 1 amide bonds. The van der Waals surface area contributed by atoms with Crippen LogP contribution in [0.2, 0.25) is 0 Å². The second kappa shape index (κ2) is 10.1. The van der Waals surface area contributed by atoms with Crippen molar-refractivity contribution in [3.63, 3.8) is 0 Å². The van der Waals surface area contributed by atoms with Crippen molar-refractivity contribution in [3.05, 3.63) is 88.0 Å². The van der Waals surface area contributed by atoms with Gasteiger partial charge in [0.2, 0.25) is 5.78 Å². The molecule has 1 aliphatic rings. The van der Waals surface area contributed by atoms with Gasteiger partial charge >= 0.3 is 0 Å². The van der Waals surface area contributed by atoms with Crippen molar-refractivity contribution in [3.8, 4) is 5.75 Å². The molecule has 1 atom stereocenters. The predicted molar refractivity (Wildman–Crippen MR) is 119 cm³/mol. The van der Waals surface area contributed by atoms with Gasteiger partial charge in [0.25, 0.3) is 11.6 Å². The van der Waals surface area contributed by atoms with Gasteiger partial charge in [-0.1, -0.05) is 42.7 Å². The predicted octanol–water partition coefficient (Wildman–Crippen LogP) is 0.528. The third-order valence-corrected chi connectivity index (χ3v) is 5.26. The van der Waals surface area contributed by atoms with Crippen LogP contribution in [0.25, 0.3) is 5.76 Å². The Kier molecular flexibility index (Phi) is 7.24. The van der Waals surface area contributed by atoms with Crippen molar-refractivity contribution >= 4 is 23.1 Å². The van der Waals surface area contributed by atoms with E-state index in [1.165, 1.54) is 35.2 Å². The number of likely N-dealkylation sites (N-methyl/N-ethyl adjacent to an activating group) is 1. The number of quaternary nitrogens is 1. The van der Waals surface area contributed by atoms with Crippen molar-refractivity contribution < 1.29 is 29.3 Å². The minimum atomic E-state index is -1.01. The molecule has 0 aliphatic carbocycles. The molecule has 1 fully saturated rings. The van der Waals surface area contributed by atoms with Crippen LogP contribution in [0.4, 0.5) is 5.69 Å². The summed E-state index contributed by atoms with van der Waals surface area (Å²) in [6.45, 7) is 4.62. The summed E-state index contributed by atoms with van der Waals surface area (Å²) >= 11 is 0. The van der Waals surface area contributed by atoms with Crippen LogP contribution in [0.3, 0.4) is 0 Å². The van der Waals surface area contributed by atoms with Gasteiger partial charge in [-0.15, -0.1) is 0 Å². The van der Waals surface area contributed by atoms with Crippen LogP contribution >= 0.6 is 0 Å². The van der Waals surface area contributed by atoms with E-state index < -0.39 is 28.4 Å². The van der Waals surface area contributed by atoms with E-state index in [0.717, 1.165) is 4.90 Å². The van der Waals surface area contributed by atoms with Gasteiger partial charge < -0.3 is 19.6 Å². The number of benzene rings is 2. The standard InChI is InChI=1S/C24H25N3O6/c1-4-14-33-19-10-8-16(9-11-19)22(28)20-21(17-6-5-7-18(15-17)27(31)32)26(13-12-25(2)3)24(30)23(20)29/h4-11,15,21,28H,1,12-14H2,2-3H3. The number of carbonyl (C=O) groups excluding carboxylic acids is 2. The third-order valence-electron chi connectivity index (χ3n) is 5.26. The first-order valence-electron chi connectivity index (χ1n) is 10.4. The molecule has 1 N–H and O–H groups in total. The topological polar surface area (TPSA) is 117 Å². The Morgan fingerprint density at radius 2 is 1.91 bits per heavy atom. The largest absolute Gasteiger partial charge is 0.872 e. The van der Waals surface area contributed by atoms with Crippen LogP contribution in [0.15, 0.2) is 66.8 Å². The molecule has 3 rings (SSSR count). The van der Waals surface area contributed by atoms with Crippen LogP contribution in [-0.2, 0) is 9.59 Å². The number of Topliss-reactive ketones (excluding diaryl/α,β-unsaturated/α-hetero) is 1. The van der Waals surface area contributed by atoms with Crippen LogP contribution in [0.5, 0.6) is 5.75 Å². The lowest BCUT2D eigenvalue weighted by Crippen LogP contribution is -3.06. The van der Waals surface area contributed by atoms with Crippen molar-refractivity contribution in [2.75, 3.05) is 33.8 Å². The number of carbonyl (C=O) groups is 2. The molecule has 1 saturated heterocycles. The summed E-state index contributed by atoms with van der Waals surface area (Å²) in [6, 6.07) is 10.9. The minimum Gasteiger partial charge on any atom is -0.872 e. The fraction of sp³-hybridized carbons (Fsp3) is 0.250. The second-order valence-electron chi connectivity index (χ2n) is 7.91. The lowest BCUT2D eigenvalue weighted by molar-refractivity contribution is -0.857. The summed E-state index contributed by atoms with van der Waals surface area (Å²) in [4.78, 5) is 38.9. The highest BCUT2D eigenvalue weighted by Gasteiger charge is 2.44. The fourth-order valence-corrected chi connectivity index (χ4v) is 3.61. The van der Waals surface area contributed by atoms with Crippen molar-refractivity contribution in [2.45, 2.75) is 6.04 Å². The maximum absolute atomic E-state index is 13.4. The molecular weight excluding hydrogens is 426 g/mol. The van der Waals surface area contributed by atoms with Gasteiger partial charge in [0.1, 0.15) is 12.4 Å². The summed E-state index contributed by atoms with van der Waals surface area (Å²) in [5.74, 6) is -1.75. The minimum absolute atomic E-state index is 0.187. The normalized spacial score (nSPS) is 17.4. The van der Waals surface area contributed by atoms with Crippen molar-refractivity contribution in [1.29, 1.82) is 0 Å². The molecule has 0 saturated carbocycles. The highest BCUT2D eigenvalue weighted by atomic mass is 16.6. The number of amides is 1. The van der Waals surface area contributed by atoms with E-state index in [2.05, 4.69) is 6.58 Å². The molecule has 1 unspecified atom stereocenters. The number of hydrogen-bond donors (Lipinski definition) is 1. The van der Waals surface area contributed by atoms with Crippen LogP contribution in [0.1, 0.15) is 17.2 Å². The van der Waals surface area contributed by atoms with Crippen LogP contribution < -0.4 is 14.7 Å². The number of ether oxygens (including phenoxy) is 1. The molecule has 33 heavy (non-hydrogen) atoms. The first-order valence-corrected chi connectivity index (χ1v) is 10.4. The fourth-order valence-electron chi connectivity index (χ4n) is 3.61. The molecule has 0 radical (unpaired) electrons. The number of nitro groups is 1. The molecule has 172 valence electrons. The molecule has 1 heterocycles. The van der Waals surface area contributed by atoms with Crippen LogP contribution in [-0.4, -0.2) is 55.3 Å². The average molecular weight is 451 g/mol. The van der Waals surface area contributed by atoms with Gasteiger partial charge in [-0.25, -0.2) is 0 Å². The second-order valence-corrected chi connectivity index (χ2v) is 7.91. The van der Waals surface area contributed by atoms with Gasteiger partial charge in [-0.3, -0.25) is 19.7 Å². The molecule has 9 nitrogen and oxygen atoms in total. The maximum atomic E-state index is 13.4. The number of nitrogens with zero attached hydrogens (tertiary/aromatic N) is 2. The molecule has 9 heteroatoms. The zero-order chi connectivity index (χ0) is 24.1. The first kappa shape index (κ1) is 23.7. The first-order chi connectivity index (χ1) is 15.7. The zero-order valence-corrected chi connectivity index (χ0v) is 18.4. The van der Waals surface area contributed by atoms with Gasteiger partial charge in [0, 0.05) is 17.7 Å². The summed E-state index contributed by atoms with van der Waals surface area (Å²) in [7, 11) is 3.80. The lowest BCUT2D eigenvalue weighted by Gasteiger charge is -2.27. The molecule has 0 bridgehead atoms. The molecule has 2 aromatic carbocycles. The van der Waals surface area contributed by atoms with E-state index in [9.17, 15) is 24.8 Å². The molecule has 0 aromatic heterocycles. The van der Waals surface area contributed by atoms with E-state index >= 15 is 0 Å². The molecule has 1 aliphatic heterocycles. The van der Waals surface area contributed by atoms with Crippen molar-refractivity contribution in [1.82, 2.24) is 4.90 Å². The number of non-ortho nitro benzene ring substituents is 1. The monoisotopic (exact) mass is 451 g/mol.